The van der Waals surface area contributed by atoms with E-state index >= 15 is 0 Å². The predicted octanol–water partition coefficient (Wildman–Crippen LogP) is 0.556. The van der Waals surface area contributed by atoms with Gasteiger partial charge in [-0.25, -0.2) is 9.97 Å². The number of fused-ring (bicyclic) bond motifs is 2. The van der Waals surface area contributed by atoms with Crippen LogP contribution in [-0.4, -0.2) is 33.6 Å². The molecule has 26 heavy (non-hydrogen) atoms. The minimum absolute atomic E-state index is 0.111. The molecule has 134 valence electrons. The Hall–Kier alpha value is -3.14. The third kappa shape index (κ3) is 3.18. The maximum atomic E-state index is 12.4. The van der Waals surface area contributed by atoms with Crippen LogP contribution in [0, 0.1) is 0 Å². The van der Waals surface area contributed by atoms with Crippen LogP contribution in [0.5, 0.6) is 5.88 Å². The van der Waals surface area contributed by atoms with Crippen LogP contribution in [0.2, 0.25) is 0 Å². The normalized spacial score (nSPS) is 12.9. The van der Waals surface area contributed by atoms with E-state index in [1.165, 1.54) is 22.2 Å². The van der Waals surface area contributed by atoms with Crippen molar-refractivity contribution in [3.63, 3.8) is 0 Å². The third-order valence-corrected chi connectivity index (χ3v) is 4.99. The molecular weight excluding hydrogens is 356 g/mol. The van der Waals surface area contributed by atoms with Crippen molar-refractivity contribution in [1.82, 2.24) is 19.9 Å². The summed E-state index contributed by atoms with van der Waals surface area (Å²) in [4.78, 5) is 33.7. The molecule has 0 fully saturated rings. The van der Waals surface area contributed by atoms with Gasteiger partial charge in [-0.3, -0.25) is 14.2 Å². The third-order valence-electron chi connectivity index (χ3n) is 3.89. The van der Waals surface area contributed by atoms with Gasteiger partial charge in [-0.2, -0.15) is 0 Å². The molecule has 3 aromatic heterocycles. The van der Waals surface area contributed by atoms with Crippen LogP contribution in [0.15, 0.2) is 29.5 Å². The molecule has 0 radical (unpaired) electrons. The fraction of sp³-hybridized carbons (Fsp3) is 0.250. The standard InChI is InChI=1S/C16H16N6O3S/c17-12-4-11-9(5-19-12)3-10(26-11)6-20-13(23)7-22-8-21-15-14(16(22)24)18-1-2-25-15/h3-5,8,18H,1-2,6-7H2,(H2,17,19)(H,20,23). The Morgan fingerprint density at radius 3 is 3.19 bits per heavy atom. The molecule has 0 saturated carbocycles. The van der Waals surface area contributed by atoms with Crippen molar-refractivity contribution in [2.45, 2.75) is 13.1 Å². The maximum Gasteiger partial charge on any atom is 0.281 e. The smallest absolute Gasteiger partial charge is 0.281 e. The van der Waals surface area contributed by atoms with Crippen molar-refractivity contribution in [3.05, 3.63) is 39.9 Å². The number of carbonyl (C=O) groups is 1. The second-order valence-electron chi connectivity index (χ2n) is 5.77. The summed E-state index contributed by atoms with van der Waals surface area (Å²) in [5.41, 5.74) is 5.64. The number of pyridine rings is 1. The molecule has 1 aliphatic heterocycles. The van der Waals surface area contributed by atoms with E-state index < -0.39 is 0 Å². The van der Waals surface area contributed by atoms with Gasteiger partial charge in [-0.05, 0) is 12.1 Å². The average molecular weight is 372 g/mol. The summed E-state index contributed by atoms with van der Waals surface area (Å²) >= 11 is 1.54. The Morgan fingerprint density at radius 1 is 1.42 bits per heavy atom. The highest BCUT2D eigenvalue weighted by atomic mass is 32.1. The number of ether oxygens (including phenoxy) is 1. The van der Waals surface area contributed by atoms with Gasteiger partial charge in [0.1, 0.15) is 25.3 Å². The number of thiophene rings is 1. The fourth-order valence-corrected chi connectivity index (χ4v) is 3.68. The monoisotopic (exact) mass is 372 g/mol. The minimum Gasteiger partial charge on any atom is -0.474 e. The molecule has 0 spiro atoms. The minimum atomic E-state index is -0.326. The number of nitrogen functional groups attached to an aromatic ring is 1. The summed E-state index contributed by atoms with van der Waals surface area (Å²) in [5.74, 6) is 0.462. The average Bonchev–Trinajstić information content (AvgIpc) is 3.04. The van der Waals surface area contributed by atoms with Gasteiger partial charge in [0.05, 0.1) is 6.54 Å². The Balaban J connectivity index is 1.43. The van der Waals surface area contributed by atoms with Crippen LogP contribution in [0.4, 0.5) is 11.5 Å². The maximum absolute atomic E-state index is 12.4. The number of aromatic nitrogens is 3. The first-order valence-corrected chi connectivity index (χ1v) is 8.78. The predicted molar refractivity (Wildman–Crippen MR) is 98.4 cm³/mol. The van der Waals surface area contributed by atoms with Gasteiger partial charge >= 0.3 is 0 Å². The zero-order valence-corrected chi connectivity index (χ0v) is 14.5. The first-order valence-electron chi connectivity index (χ1n) is 7.97. The van der Waals surface area contributed by atoms with Gasteiger partial charge in [-0.15, -0.1) is 11.3 Å². The van der Waals surface area contributed by atoms with Crippen LogP contribution in [-0.2, 0) is 17.9 Å². The number of carbonyl (C=O) groups excluding carboxylic acids is 1. The Kier molecular flexibility index (Phi) is 4.17. The molecule has 0 saturated heterocycles. The van der Waals surface area contributed by atoms with E-state index in [1.807, 2.05) is 6.07 Å². The number of rotatable bonds is 4. The molecule has 4 rings (SSSR count). The summed E-state index contributed by atoms with van der Waals surface area (Å²) in [6, 6.07) is 3.76. The van der Waals surface area contributed by atoms with Crippen LogP contribution >= 0.6 is 11.3 Å². The lowest BCUT2D eigenvalue weighted by atomic mass is 10.3. The first kappa shape index (κ1) is 16.3. The molecule has 0 aromatic carbocycles. The summed E-state index contributed by atoms with van der Waals surface area (Å²) < 4.78 is 7.58. The number of nitrogens with two attached hydrogens (primary N) is 1. The van der Waals surface area contributed by atoms with E-state index in [1.54, 1.807) is 12.3 Å². The molecule has 0 bridgehead atoms. The molecule has 10 heteroatoms. The molecule has 4 heterocycles. The molecule has 9 nitrogen and oxygen atoms in total. The van der Waals surface area contributed by atoms with Crippen molar-refractivity contribution < 1.29 is 9.53 Å². The SMILES string of the molecule is Nc1cc2sc(CNC(=O)Cn3cnc4c(c3=O)NCCO4)cc2cn1. The van der Waals surface area contributed by atoms with Gasteiger partial charge in [0.15, 0.2) is 5.69 Å². The van der Waals surface area contributed by atoms with Crippen LogP contribution < -0.4 is 26.7 Å². The van der Waals surface area contributed by atoms with E-state index in [0.717, 1.165) is 15.0 Å². The number of anilines is 2. The van der Waals surface area contributed by atoms with E-state index in [-0.39, 0.29) is 23.9 Å². The summed E-state index contributed by atoms with van der Waals surface area (Å²) in [7, 11) is 0. The molecule has 4 N–H and O–H groups in total. The summed E-state index contributed by atoms with van der Waals surface area (Å²) in [6.45, 7) is 1.25. The van der Waals surface area contributed by atoms with Gasteiger partial charge in [-0.1, -0.05) is 0 Å². The largest absolute Gasteiger partial charge is 0.474 e. The van der Waals surface area contributed by atoms with Crippen molar-refractivity contribution >= 4 is 38.8 Å². The van der Waals surface area contributed by atoms with E-state index in [0.29, 0.717) is 31.2 Å². The van der Waals surface area contributed by atoms with Crippen LogP contribution in [0.3, 0.4) is 0 Å². The number of amides is 1. The zero-order chi connectivity index (χ0) is 18.1. The molecular formula is C16H16N6O3S. The summed E-state index contributed by atoms with van der Waals surface area (Å²) in [6.07, 6.45) is 3.03. The lowest BCUT2D eigenvalue weighted by molar-refractivity contribution is -0.121. The van der Waals surface area contributed by atoms with Crippen LogP contribution in [0.1, 0.15) is 4.88 Å². The topological polar surface area (TPSA) is 124 Å². The highest BCUT2D eigenvalue weighted by Crippen LogP contribution is 2.26. The molecule has 1 amide bonds. The molecule has 0 unspecified atom stereocenters. The van der Waals surface area contributed by atoms with Crippen molar-refractivity contribution in [3.8, 4) is 5.88 Å². The van der Waals surface area contributed by atoms with Gasteiger partial charge in [0.25, 0.3) is 5.56 Å². The highest BCUT2D eigenvalue weighted by Gasteiger charge is 2.17. The van der Waals surface area contributed by atoms with Crippen LogP contribution in [0.25, 0.3) is 10.1 Å². The number of hydrogen-bond donors (Lipinski definition) is 3. The molecule has 0 aliphatic carbocycles. The summed E-state index contributed by atoms with van der Waals surface area (Å²) in [5, 5.41) is 6.75. The zero-order valence-electron chi connectivity index (χ0n) is 13.7. The molecule has 3 aromatic rings. The molecule has 0 atom stereocenters. The van der Waals surface area contributed by atoms with Crippen molar-refractivity contribution in [2.24, 2.45) is 0 Å². The highest BCUT2D eigenvalue weighted by molar-refractivity contribution is 7.19. The second-order valence-corrected chi connectivity index (χ2v) is 6.94. The van der Waals surface area contributed by atoms with E-state index in [4.69, 9.17) is 10.5 Å². The second kappa shape index (κ2) is 6.64. The number of hydrogen-bond acceptors (Lipinski definition) is 8. The van der Waals surface area contributed by atoms with Crippen molar-refractivity contribution in [2.75, 3.05) is 24.2 Å². The van der Waals surface area contributed by atoms with Gasteiger partial charge < -0.3 is 21.1 Å². The van der Waals surface area contributed by atoms with Gasteiger partial charge in [0.2, 0.25) is 11.8 Å². The molecule has 1 aliphatic rings. The Bertz CT molecular complexity index is 1040. The first-order chi connectivity index (χ1) is 12.6. The van der Waals surface area contributed by atoms with Gasteiger partial charge in [0, 0.05) is 27.7 Å². The van der Waals surface area contributed by atoms with Crippen molar-refractivity contribution in [1.29, 1.82) is 0 Å². The Labute approximate surface area is 151 Å². The quantitative estimate of drug-likeness (QED) is 0.611. The Morgan fingerprint density at radius 2 is 2.31 bits per heavy atom. The number of nitrogens with zero attached hydrogens (tertiary/aromatic N) is 3. The lowest BCUT2D eigenvalue weighted by Gasteiger charge is -2.18. The number of nitrogens with one attached hydrogen (secondary N) is 2. The van der Waals surface area contributed by atoms with E-state index in [2.05, 4.69) is 20.6 Å². The fourth-order valence-electron chi connectivity index (χ4n) is 2.66. The lowest BCUT2D eigenvalue weighted by Crippen LogP contribution is -2.35. The van der Waals surface area contributed by atoms with E-state index in [9.17, 15) is 9.59 Å².